The molecule has 1 unspecified atom stereocenters. The summed E-state index contributed by atoms with van der Waals surface area (Å²) in [7, 11) is 0. The predicted molar refractivity (Wildman–Crippen MR) is 142 cm³/mol. The monoisotopic (exact) mass is 507 g/mol. The fourth-order valence-corrected chi connectivity index (χ4v) is 5.09. The van der Waals surface area contributed by atoms with Crippen molar-refractivity contribution in [2.75, 3.05) is 29.0 Å². The molecule has 3 N–H and O–H groups in total. The maximum atomic E-state index is 12.9. The fourth-order valence-electron chi connectivity index (χ4n) is 4.95. The van der Waals surface area contributed by atoms with Gasteiger partial charge in [-0.15, -0.1) is 0 Å². The Hall–Kier alpha value is -3.46. The molecule has 0 spiro atoms. The van der Waals surface area contributed by atoms with E-state index in [9.17, 15) is 9.59 Å². The molecule has 2 amide bonds. The number of carbonyl (C=O) groups excluding carboxylic acids is 2. The fraction of sp³-hybridized carbons (Fsp3) is 0.423. The van der Waals surface area contributed by atoms with Crippen LogP contribution in [0.25, 0.3) is 0 Å². The number of aliphatic imine (C=N–C) groups is 1. The first-order chi connectivity index (χ1) is 17.4. The van der Waals surface area contributed by atoms with E-state index in [-0.39, 0.29) is 23.7 Å². The number of nitrogens with one attached hydrogen (secondary N) is 3. The van der Waals surface area contributed by atoms with Gasteiger partial charge in [-0.3, -0.25) is 14.6 Å². The number of fused-ring (bicyclic) bond motifs is 6. The van der Waals surface area contributed by atoms with Gasteiger partial charge in [-0.25, -0.2) is 4.98 Å². The van der Waals surface area contributed by atoms with Gasteiger partial charge >= 0.3 is 0 Å². The molecule has 1 atom stereocenters. The molecule has 3 aliphatic rings. The number of amides is 2. The summed E-state index contributed by atoms with van der Waals surface area (Å²) in [6, 6.07) is 5.89. The van der Waals surface area contributed by atoms with E-state index in [0.29, 0.717) is 23.2 Å². The van der Waals surface area contributed by atoms with Crippen LogP contribution in [0.1, 0.15) is 44.6 Å². The van der Waals surface area contributed by atoms with Crippen LogP contribution in [-0.4, -0.2) is 46.0 Å². The van der Waals surface area contributed by atoms with Gasteiger partial charge in [-0.05, 0) is 61.8 Å². The number of aryl methyl sites for hydroxylation is 1. The highest BCUT2D eigenvalue weighted by Gasteiger charge is 2.23. The molecule has 0 radical (unpaired) electrons. The third kappa shape index (κ3) is 5.84. The highest BCUT2D eigenvalue weighted by molar-refractivity contribution is 6.32. The Labute approximate surface area is 215 Å². The van der Waals surface area contributed by atoms with Gasteiger partial charge < -0.3 is 20.9 Å². The zero-order valence-electron chi connectivity index (χ0n) is 20.3. The summed E-state index contributed by atoms with van der Waals surface area (Å²) >= 11 is 6.36. The molecule has 0 aliphatic carbocycles. The number of aromatic nitrogens is 2. The molecule has 6 bridgehead atoms. The highest BCUT2D eigenvalue weighted by atomic mass is 35.5. The largest absolute Gasteiger partial charge is 0.343 e. The molecule has 10 heteroatoms. The van der Waals surface area contributed by atoms with Crippen LogP contribution < -0.4 is 16.0 Å². The standard InChI is InChI=1S/C26H30ClN7O2/c1-16(35)34-8-6-17(7-9-34)11-24(36)32-23-5-4-20-12-19(23)3-2-18-10-21(14-28-13-18)31-26-29-15-22(27)25(30-20)33-26/h4-5,12-15,17-18H,2-3,6-11H2,1H3,(H,32,36)(H2,29,30,31,33). The van der Waals surface area contributed by atoms with Gasteiger partial charge in [0, 0.05) is 61.8 Å². The van der Waals surface area contributed by atoms with Gasteiger partial charge in [0.25, 0.3) is 0 Å². The van der Waals surface area contributed by atoms with E-state index in [2.05, 4.69) is 30.9 Å². The van der Waals surface area contributed by atoms with Crippen LogP contribution >= 0.6 is 11.6 Å². The predicted octanol–water partition coefficient (Wildman–Crippen LogP) is 4.75. The summed E-state index contributed by atoms with van der Waals surface area (Å²) in [5.74, 6) is 1.63. The molecule has 5 rings (SSSR count). The second kappa shape index (κ2) is 10.7. The normalized spacial score (nSPS) is 19.6. The summed E-state index contributed by atoms with van der Waals surface area (Å²) in [4.78, 5) is 39.6. The number of hydrogen-bond acceptors (Lipinski definition) is 7. The first-order valence-electron chi connectivity index (χ1n) is 12.4. The maximum Gasteiger partial charge on any atom is 0.229 e. The van der Waals surface area contributed by atoms with Crippen molar-refractivity contribution in [2.45, 2.75) is 45.4 Å². The van der Waals surface area contributed by atoms with Crippen molar-refractivity contribution in [2.24, 2.45) is 16.8 Å². The lowest BCUT2D eigenvalue weighted by atomic mass is 9.92. The number of nitrogens with zero attached hydrogens (tertiary/aromatic N) is 4. The molecule has 1 aromatic carbocycles. The molecular weight excluding hydrogens is 478 g/mol. The number of carbonyl (C=O) groups is 2. The Bertz CT molecular complexity index is 1220. The van der Waals surface area contributed by atoms with Crippen molar-refractivity contribution in [3.8, 4) is 0 Å². The average Bonchev–Trinajstić information content (AvgIpc) is 2.86. The van der Waals surface area contributed by atoms with Gasteiger partial charge in [0.05, 0.1) is 6.20 Å². The third-order valence-corrected chi connectivity index (χ3v) is 7.26. The maximum absolute atomic E-state index is 12.9. The molecule has 1 saturated heterocycles. The summed E-state index contributed by atoms with van der Waals surface area (Å²) in [5, 5.41) is 10.1. The summed E-state index contributed by atoms with van der Waals surface area (Å²) in [6.07, 6.45) is 9.99. The molecule has 0 saturated carbocycles. The van der Waals surface area contributed by atoms with E-state index < -0.39 is 0 Å². The van der Waals surface area contributed by atoms with E-state index in [1.165, 1.54) is 0 Å². The average molecular weight is 508 g/mol. The van der Waals surface area contributed by atoms with E-state index >= 15 is 0 Å². The Morgan fingerprint density at radius 3 is 2.83 bits per heavy atom. The van der Waals surface area contributed by atoms with Gasteiger partial charge in [-0.2, -0.15) is 4.98 Å². The number of piperidine rings is 1. The lowest BCUT2D eigenvalue weighted by molar-refractivity contribution is -0.130. The highest BCUT2D eigenvalue weighted by Crippen LogP contribution is 2.31. The van der Waals surface area contributed by atoms with E-state index in [1.54, 1.807) is 19.3 Å². The van der Waals surface area contributed by atoms with Crippen LogP contribution in [-0.2, 0) is 16.0 Å². The zero-order chi connectivity index (χ0) is 25.1. The molecular formula is C26H30ClN7O2. The molecule has 36 heavy (non-hydrogen) atoms. The third-order valence-electron chi connectivity index (χ3n) is 6.99. The van der Waals surface area contributed by atoms with Crippen LogP contribution in [0, 0.1) is 11.8 Å². The lowest BCUT2D eigenvalue weighted by Gasteiger charge is -2.31. The number of anilines is 4. The van der Waals surface area contributed by atoms with Crippen LogP contribution in [0.2, 0.25) is 5.02 Å². The van der Waals surface area contributed by atoms with Crippen molar-refractivity contribution in [3.05, 3.63) is 46.9 Å². The topological polar surface area (TPSA) is 112 Å². The Kier molecular flexibility index (Phi) is 7.18. The minimum Gasteiger partial charge on any atom is -0.343 e. The molecule has 1 fully saturated rings. The van der Waals surface area contributed by atoms with Crippen molar-refractivity contribution in [1.82, 2.24) is 14.9 Å². The molecule has 3 aliphatic heterocycles. The lowest BCUT2D eigenvalue weighted by Crippen LogP contribution is -2.37. The second-order valence-electron chi connectivity index (χ2n) is 9.67. The first kappa shape index (κ1) is 24.2. The van der Waals surface area contributed by atoms with Crippen LogP contribution in [0.4, 0.5) is 23.1 Å². The van der Waals surface area contributed by atoms with Crippen molar-refractivity contribution < 1.29 is 9.59 Å². The second-order valence-corrected chi connectivity index (χ2v) is 10.1. The smallest absolute Gasteiger partial charge is 0.229 e. The summed E-state index contributed by atoms with van der Waals surface area (Å²) in [6.45, 7) is 3.04. The molecule has 2 aromatic rings. The van der Waals surface area contributed by atoms with E-state index in [1.807, 2.05) is 29.3 Å². The van der Waals surface area contributed by atoms with Gasteiger partial charge in [0.1, 0.15) is 5.02 Å². The zero-order valence-corrected chi connectivity index (χ0v) is 21.0. The van der Waals surface area contributed by atoms with Crippen molar-refractivity contribution in [3.63, 3.8) is 0 Å². The van der Waals surface area contributed by atoms with Crippen molar-refractivity contribution >= 4 is 52.8 Å². The van der Waals surface area contributed by atoms with Crippen molar-refractivity contribution in [1.29, 1.82) is 0 Å². The number of rotatable bonds is 3. The van der Waals surface area contributed by atoms with Gasteiger partial charge in [0.15, 0.2) is 5.82 Å². The Morgan fingerprint density at radius 2 is 2.03 bits per heavy atom. The van der Waals surface area contributed by atoms with Gasteiger partial charge in [0.2, 0.25) is 17.8 Å². The van der Waals surface area contributed by atoms with E-state index in [0.717, 1.165) is 67.8 Å². The van der Waals surface area contributed by atoms with Gasteiger partial charge in [-0.1, -0.05) is 11.6 Å². The molecule has 4 heterocycles. The summed E-state index contributed by atoms with van der Waals surface area (Å²) in [5.41, 5.74) is 3.65. The summed E-state index contributed by atoms with van der Waals surface area (Å²) < 4.78 is 0. The molecule has 188 valence electrons. The Balaban J connectivity index is 1.34. The van der Waals surface area contributed by atoms with Crippen LogP contribution in [0.15, 0.2) is 41.3 Å². The number of allylic oxidation sites excluding steroid dienone is 1. The minimum absolute atomic E-state index is 0.00767. The quantitative estimate of drug-likeness (QED) is 0.552. The van der Waals surface area contributed by atoms with Crippen LogP contribution in [0.3, 0.4) is 0 Å². The number of halogens is 1. The number of likely N-dealkylation sites (tertiary alicyclic amines) is 1. The van der Waals surface area contributed by atoms with E-state index in [4.69, 9.17) is 11.6 Å². The number of benzene rings is 1. The minimum atomic E-state index is 0.00767. The van der Waals surface area contributed by atoms with Crippen LogP contribution in [0.5, 0.6) is 0 Å². The molecule has 9 nitrogen and oxygen atoms in total. The molecule has 1 aromatic heterocycles. The number of hydrogen-bond donors (Lipinski definition) is 3. The Morgan fingerprint density at radius 1 is 1.19 bits per heavy atom. The first-order valence-corrected chi connectivity index (χ1v) is 12.8. The SMILES string of the molecule is CC(=O)N1CCC(CC(=O)Nc2ccc3cc2CCC2C=NC=C(C2)Nc2ncc(Cl)c(n2)N3)CC1.